The van der Waals surface area contributed by atoms with Crippen LogP contribution in [0.15, 0.2) is 46.9 Å². The first-order chi connectivity index (χ1) is 9.38. The smallest absolute Gasteiger partial charge is 0.380 e. The number of nitrogens with one attached hydrogen (secondary N) is 1. The molecule has 0 aliphatic carbocycles. The van der Waals surface area contributed by atoms with Gasteiger partial charge >= 0.3 is 6.18 Å². The third-order valence-electron chi connectivity index (χ3n) is 2.91. The number of halogens is 4. The molecule has 0 atom stereocenters. The predicted octanol–water partition coefficient (Wildman–Crippen LogP) is 5.39. The Morgan fingerprint density at radius 1 is 1.10 bits per heavy atom. The van der Waals surface area contributed by atoms with Crippen molar-refractivity contribution < 1.29 is 13.2 Å². The fourth-order valence-electron chi connectivity index (χ4n) is 1.87. The summed E-state index contributed by atoms with van der Waals surface area (Å²) >= 11 is 3.42. The first-order valence-electron chi connectivity index (χ1n) is 6.03. The van der Waals surface area contributed by atoms with Crippen LogP contribution in [0.25, 0.3) is 0 Å². The van der Waals surface area contributed by atoms with Gasteiger partial charge in [0, 0.05) is 16.7 Å². The van der Waals surface area contributed by atoms with E-state index in [1.54, 1.807) is 6.07 Å². The molecule has 0 amide bonds. The van der Waals surface area contributed by atoms with Gasteiger partial charge in [0.15, 0.2) is 0 Å². The number of aryl methyl sites for hydroxylation is 1. The molecule has 0 fully saturated rings. The molecule has 0 bridgehead atoms. The molecule has 2 aromatic rings. The lowest BCUT2D eigenvalue weighted by atomic mass is 10.1. The largest absolute Gasteiger partial charge is 0.418 e. The maximum Gasteiger partial charge on any atom is 0.418 e. The molecule has 2 aromatic carbocycles. The van der Waals surface area contributed by atoms with E-state index in [1.807, 2.05) is 25.1 Å². The summed E-state index contributed by atoms with van der Waals surface area (Å²) in [6, 6.07) is 11.2. The highest BCUT2D eigenvalue weighted by molar-refractivity contribution is 9.10. The number of para-hydroxylation sites is 1. The Kier molecular flexibility index (Phi) is 4.38. The minimum Gasteiger partial charge on any atom is -0.380 e. The van der Waals surface area contributed by atoms with Crippen molar-refractivity contribution in [3.8, 4) is 0 Å². The van der Waals surface area contributed by atoms with Crippen molar-refractivity contribution in [3.05, 3.63) is 63.6 Å². The maximum atomic E-state index is 12.9. The van der Waals surface area contributed by atoms with Crippen molar-refractivity contribution in [2.24, 2.45) is 0 Å². The number of anilines is 1. The third-order valence-corrected chi connectivity index (χ3v) is 3.65. The lowest BCUT2D eigenvalue weighted by Crippen LogP contribution is -2.10. The Morgan fingerprint density at radius 2 is 1.80 bits per heavy atom. The summed E-state index contributed by atoms with van der Waals surface area (Å²) in [5.41, 5.74) is 1.44. The molecule has 0 saturated carbocycles. The van der Waals surface area contributed by atoms with Gasteiger partial charge in [0.2, 0.25) is 0 Å². The van der Waals surface area contributed by atoms with Gasteiger partial charge in [-0.25, -0.2) is 0 Å². The molecule has 0 radical (unpaired) electrons. The van der Waals surface area contributed by atoms with Gasteiger partial charge in [-0.3, -0.25) is 0 Å². The van der Waals surface area contributed by atoms with Crippen LogP contribution in [0.5, 0.6) is 0 Å². The zero-order valence-electron chi connectivity index (χ0n) is 10.8. The van der Waals surface area contributed by atoms with Crippen LogP contribution < -0.4 is 5.32 Å². The van der Waals surface area contributed by atoms with E-state index in [2.05, 4.69) is 21.2 Å². The molecular formula is C15H13BrF3N. The molecule has 0 aromatic heterocycles. The Labute approximate surface area is 123 Å². The molecule has 0 heterocycles. The Morgan fingerprint density at radius 3 is 2.45 bits per heavy atom. The third kappa shape index (κ3) is 3.54. The van der Waals surface area contributed by atoms with Crippen LogP contribution >= 0.6 is 15.9 Å². The van der Waals surface area contributed by atoms with Gasteiger partial charge in [0.1, 0.15) is 0 Å². The normalized spacial score (nSPS) is 11.4. The van der Waals surface area contributed by atoms with Crippen molar-refractivity contribution in [2.75, 3.05) is 5.32 Å². The lowest BCUT2D eigenvalue weighted by molar-refractivity contribution is -0.136. The van der Waals surface area contributed by atoms with Crippen molar-refractivity contribution in [3.63, 3.8) is 0 Å². The van der Waals surface area contributed by atoms with Gasteiger partial charge < -0.3 is 5.32 Å². The van der Waals surface area contributed by atoms with E-state index in [0.717, 1.165) is 21.7 Å². The number of hydrogen-bond acceptors (Lipinski definition) is 1. The zero-order chi connectivity index (χ0) is 14.8. The van der Waals surface area contributed by atoms with Crippen molar-refractivity contribution >= 4 is 21.6 Å². The number of benzene rings is 2. The van der Waals surface area contributed by atoms with Crippen molar-refractivity contribution in [1.29, 1.82) is 0 Å². The average Bonchev–Trinajstić information content (AvgIpc) is 2.37. The molecule has 0 aliphatic rings. The summed E-state index contributed by atoms with van der Waals surface area (Å²) in [6.07, 6.45) is -4.35. The fourth-order valence-corrected chi connectivity index (χ4v) is 2.50. The molecule has 5 heteroatoms. The van der Waals surface area contributed by atoms with Gasteiger partial charge in [-0.15, -0.1) is 0 Å². The summed E-state index contributed by atoms with van der Waals surface area (Å²) in [7, 11) is 0. The Balaban J connectivity index is 2.19. The zero-order valence-corrected chi connectivity index (χ0v) is 12.3. The van der Waals surface area contributed by atoms with Gasteiger partial charge in [-0.2, -0.15) is 13.2 Å². The summed E-state index contributed by atoms with van der Waals surface area (Å²) in [5, 5.41) is 2.85. The highest BCUT2D eigenvalue weighted by atomic mass is 79.9. The maximum absolute atomic E-state index is 12.9. The molecule has 0 unspecified atom stereocenters. The van der Waals surface area contributed by atoms with E-state index >= 15 is 0 Å². The average molecular weight is 344 g/mol. The van der Waals surface area contributed by atoms with Crippen LogP contribution in [0.1, 0.15) is 16.7 Å². The second-order valence-corrected chi connectivity index (χ2v) is 5.35. The quantitative estimate of drug-likeness (QED) is 0.787. The summed E-state index contributed by atoms with van der Waals surface area (Å²) in [6.45, 7) is 2.29. The first kappa shape index (κ1) is 14.9. The topological polar surface area (TPSA) is 12.0 Å². The van der Waals surface area contributed by atoms with E-state index in [-0.39, 0.29) is 5.69 Å². The molecule has 1 nitrogen and oxygen atoms in total. The summed E-state index contributed by atoms with van der Waals surface area (Å²) < 4.78 is 39.5. The SMILES string of the molecule is Cc1ccc(CNc2ccccc2C(F)(F)F)c(Br)c1. The Bertz CT molecular complexity index is 608. The fraction of sp³-hybridized carbons (Fsp3) is 0.200. The number of alkyl halides is 3. The highest BCUT2D eigenvalue weighted by Crippen LogP contribution is 2.34. The summed E-state index contributed by atoms with van der Waals surface area (Å²) in [4.78, 5) is 0. The molecule has 20 heavy (non-hydrogen) atoms. The molecule has 2 rings (SSSR count). The van der Waals surface area contributed by atoms with Crippen LogP contribution in [0.3, 0.4) is 0 Å². The van der Waals surface area contributed by atoms with Gasteiger partial charge in [-0.1, -0.05) is 40.2 Å². The first-order valence-corrected chi connectivity index (χ1v) is 6.82. The molecular weight excluding hydrogens is 331 g/mol. The van der Waals surface area contributed by atoms with Crippen molar-refractivity contribution in [2.45, 2.75) is 19.6 Å². The molecule has 1 N–H and O–H groups in total. The number of hydrogen-bond donors (Lipinski definition) is 1. The van der Waals surface area contributed by atoms with Crippen molar-refractivity contribution in [1.82, 2.24) is 0 Å². The molecule has 0 aliphatic heterocycles. The highest BCUT2D eigenvalue weighted by Gasteiger charge is 2.33. The van der Waals surface area contributed by atoms with Crippen LogP contribution in [-0.2, 0) is 12.7 Å². The van der Waals surface area contributed by atoms with Crippen LogP contribution in [0, 0.1) is 6.92 Å². The van der Waals surface area contributed by atoms with Crippen LogP contribution in [0.4, 0.5) is 18.9 Å². The summed E-state index contributed by atoms with van der Waals surface area (Å²) in [5.74, 6) is 0. The van der Waals surface area contributed by atoms with Gasteiger partial charge in [0.25, 0.3) is 0 Å². The van der Waals surface area contributed by atoms with E-state index in [9.17, 15) is 13.2 Å². The van der Waals surface area contributed by atoms with E-state index in [1.165, 1.54) is 12.1 Å². The predicted molar refractivity (Wildman–Crippen MR) is 77.6 cm³/mol. The van der Waals surface area contributed by atoms with E-state index in [0.29, 0.717) is 6.54 Å². The monoisotopic (exact) mass is 343 g/mol. The van der Waals surface area contributed by atoms with E-state index in [4.69, 9.17) is 0 Å². The van der Waals surface area contributed by atoms with Crippen LogP contribution in [-0.4, -0.2) is 0 Å². The van der Waals surface area contributed by atoms with Crippen LogP contribution in [0.2, 0.25) is 0 Å². The standard InChI is InChI=1S/C15H13BrF3N/c1-10-6-7-11(13(16)8-10)9-20-14-5-3-2-4-12(14)15(17,18)19/h2-8,20H,9H2,1H3. The second-order valence-electron chi connectivity index (χ2n) is 4.49. The number of rotatable bonds is 3. The Hall–Kier alpha value is -1.49. The second kappa shape index (κ2) is 5.87. The molecule has 106 valence electrons. The minimum atomic E-state index is -4.35. The minimum absolute atomic E-state index is 0.0903. The van der Waals surface area contributed by atoms with Gasteiger partial charge in [-0.05, 0) is 36.2 Å². The molecule has 0 saturated heterocycles. The lowest BCUT2D eigenvalue weighted by Gasteiger charge is -2.15. The molecule has 0 spiro atoms. The van der Waals surface area contributed by atoms with E-state index < -0.39 is 11.7 Å². The van der Waals surface area contributed by atoms with Gasteiger partial charge in [0.05, 0.1) is 5.56 Å².